The summed E-state index contributed by atoms with van der Waals surface area (Å²) in [7, 11) is 0. The molecule has 0 bridgehead atoms. The van der Waals surface area contributed by atoms with Crippen molar-refractivity contribution in [2.75, 3.05) is 13.1 Å². The molecule has 2 rings (SSSR count). The van der Waals surface area contributed by atoms with E-state index in [-0.39, 0.29) is 11.7 Å². The van der Waals surface area contributed by atoms with Crippen molar-refractivity contribution in [2.24, 2.45) is 5.92 Å². The van der Waals surface area contributed by atoms with Crippen molar-refractivity contribution in [3.63, 3.8) is 0 Å². The molecule has 0 aliphatic carbocycles. The summed E-state index contributed by atoms with van der Waals surface area (Å²) < 4.78 is 13.4. The molecule has 1 aliphatic rings. The molecule has 1 atom stereocenters. The molecule has 0 radical (unpaired) electrons. The van der Waals surface area contributed by atoms with Gasteiger partial charge in [0.1, 0.15) is 5.82 Å². The fourth-order valence-corrected chi connectivity index (χ4v) is 2.17. The van der Waals surface area contributed by atoms with Crippen molar-refractivity contribution in [3.05, 3.63) is 35.6 Å². The first-order valence-corrected chi connectivity index (χ1v) is 5.65. The monoisotopic (exact) mass is 218 g/mol. The van der Waals surface area contributed by atoms with Crippen molar-refractivity contribution in [1.29, 1.82) is 5.26 Å². The molecule has 3 heteroatoms. The van der Waals surface area contributed by atoms with Crippen molar-refractivity contribution in [2.45, 2.75) is 19.4 Å². The lowest BCUT2D eigenvalue weighted by atomic mass is 9.99. The van der Waals surface area contributed by atoms with Crippen LogP contribution in [0.25, 0.3) is 0 Å². The van der Waals surface area contributed by atoms with E-state index in [4.69, 9.17) is 5.26 Å². The summed E-state index contributed by atoms with van der Waals surface area (Å²) >= 11 is 0. The Kier molecular flexibility index (Phi) is 3.53. The van der Waals surface area contributed by atoms with Gasteiger partial charge in [-0.15, -0.1) is 0 Å². The highest BCUT2D eigenvalue weighted by Crippen LogP contribution is 2.18. The molecule has 0 N–H and O–H groups in total. The van der Waals surface area contributed by atoms with Crippen LogP contribution in [-0.4, -0.2) is 18.0 Å². The van der Waals surface area contributed by atoms with Crippen LogP contribution in [0.15, 0.2) is 24.3 Å². The lowest BCUT2D eigenvalue weighted by Crippen LogP contribution is -2.34. The third-order valence-corrected chi connectivity index (χ3v) is 3.04. The van der Waals surface area contributed by atoms with Gasteiger partial charge in [-0.05, 0) is 25.5 Å². The molecular formula is C13H15FN2. The summed E-state index contributed by atoms with van der Waals surface area (Å²) in [6.07, 6.45) is 2.01. The predicted octanol–water partition coefficient (Wildman–Crippen LogP) is 2.56. The zero-order chi connectivity index (χ0) is 11.4. The molecule has 1 fully saturated rings. The first-order valence-electron chi connectivity index (χ1n) is 5.65. The Hall–Kier alpha value is -1.40. The van der Waals surface area contributed by atoms with Crippen LogP contribution in [0.1, 0.15) is 18.4 Å². The van der Waals surface area contributed by atoms with E-state index < -0.39 is 0 Å². The average molecular weight is 218 g/mol. The number of benzene rings is 1. The standard InChI is InChI=1S/C13H15FN2/c14-13-6-2-1-5-12(13)10-16-7-3-4-11(8-15)9-16/h1-2,5-6,11H,3-4,7,9-10H2. The maximum Gasteiger partial charge on any atom is 0.127 e. The molecular weight excluding hydrogens is 203 g/mol. The molecule has 1 aromatic rings. The first-order chi connectivity index (χ1) is 7.79. The highest BCUT2D eigenvalue weighted by molar-refractivity contribution is 5.17. The molecule has 0 saturated carbocycles. The Labute approximate surface area is 95.3 Å². The van der Waals surface area contributed by atoms with Crippen molar-refractivity contribution in [3.8, 4) is 6.07 Å². The molecule has 1 aromatic carbocycles. The predicted molar refractivity (Wildman–Crippen MR) is 60.0 cm³/mol. The van der Waals surface area contributed by atoms with E-state index in [1.807, 2.05) is 12.1 Å². The molecule has 1 heterocycles. The Bertz CT molecular complexity index is 397. The van der Waals surface area contributed by atoms with E-state index >= 15 is 0 Å². The fraction of sp³-hybridized carbons (Fsp3) is 0.462. The minimum atomic E-state index is -0.151. The van der Waals surface area contributed by atoms with Crippen molar-refractivity contribution in [1.82, 2.24) is 4.90 Å². The van der Waals surface area contributed by atoms with Gasteiger partial charge in [0.05, 0.1) is 12.0 Å². The molecule has 16 heavy (non-hydrogen) atoms. The molecule has 0 amide bonds. The molecule has 1 saturated heterocycles. The van der Waals surface area contributed by atoms with E-state index in [0.29, 0.717) is 6.54 Å². The lowest BCUT2D eigenvalue weighted by molar-refractivity contribution is 0.190. The van der Waals surface area contributed by atoms with Crippen LogP contribution in [0.5, 0.6) is 0 Å². The second kappa shape index (κ2) is 5.09. The number of piperidine rings is 1. The number of nitrogens with zero attached hydrogens (tertiary/aromatic N) is 2. The number of hydrogen-bond acceptors (Lipinski definition) is 2. The number of halogens is 1. The minimum absolute atomic E-state index is 0.112. The molecule has 1 aliphatic heterocycles. The van der Waals surface area contributed by atoms with E-state index in [1.54, 1.807) is 6.07 Å². The van der Waals surface area contributed by atoms with Gasteiger partial charge in [0, 0.05) is 18.7 Å². The number of nitriles is 1. The van der Waals surface area contributed by atoms with Crippen LogP contribution < -0.4 is 0 Å². The molecule has 0 spiro atoms. The Morgan fingerprint density at radius 3 is 3.00 bits per heavy atom. The minimum Gasteiger partial charge on any atom is -0.298 e. The van der Waals surface area contributed by atoms with E-state index in [2.05, 4.69) is 11.0 Å². The van der Waals surface area contributed by atoms with Gasteiger partial charge in [0.2, 0.25) is 0 Å². The Balaban J connectivity index is 2.00. The highest BCUT2D eigenvalue weighted by atomic mass is 19.1. The van der Waals surface area contributed by atoms with Gasteiger partial charge >= 0.3 is 0 Å². The number of rotatable bonds is 2. The average Bonchev–Trinajstić information content (AvgIpc) is 2.32. The maximum absolute atomic E-state index is 13.4. The third kappa shape index (κ3) is 2.59. The van der Waals surface area contributed by atoms with Gasteiger partial charge in [0.25, 0.3) is 0 Å². The van der Waals surface area contributed by atoms with Crippen molar-refractivity contribution >= 4 is 0 Å². The summed E-state index contributed by atoms with van der Waals surface area (Å²) in [6, 6.07) is 9.15. The second-order valence-corrected chi connectivity index (χ2v) is 4.29. The fourth-order valence-electron chi connectivity index (χ4n) is 2.17. The van der Waals surface area contributed by atoms with Gasteiger partial charge in [0.15, 0.2) is 0 Å². The van der Waals surface area contributed by atoms with Crippen LogP contribution in [0.2, 0.25) is 0 Å². The summed E-state index contributed by atoms with van der Waals surface area (Å²) in [5.41, 5.74) is 0.723. The van der Waals surface area contributed by atoms with Crippen LogP contribution >= 0.6 is 0 Å². The van der Waals surface area contributed by atoms with Crippen molar-refractivity contribution < 1.29 is 4.39 Å². The van der Waals surface area contributed by atoms with E-state index in [9.17, 15) is 4.39 Å². The van der Waals surface area contributed by atoms with Crippen LogP contribution in [0.3, 0.4) is 0 Å². The molecule has 0 aromatic heterocycles. The zero-order valence-corrected chi connectivity index (χ0v) is 9.19. The summed E-state index contributed by atoms with van der Waals surface area (Å²) in [5.74, 6) is -0.0397. The summed E-state index contributed by atoms with van der Waals surface area (Å²) in [4.78, 5) is 2.16. The van der Waals surface area contributed by atoms with Crippen LogP contribution in [-0.2, 0) is 6.54 Å². The van der Waals surface area contributed by atoms with Gasteiger partial charge in [-0.3, -0.25) is 4.90 Å². The zero-order valence-electron chi connectivity index (χ0n) is 9.19. The second-order valence-electron chi connectivity index (χ2n) is 4.29. The van der Waals surface area contributed by atoms with Gasteiger partial charge in [-0.25, -0.2) is 4.39 Å². The number of hydrogen-bond donors (Lipinski definition) is 0. The maximum atomic E-state index is 13.4. The Morgan fingerprint density at radius 1 is 1.44 bits per heavy atom. The summed E-state index contributed by atoms with van der Waals surface area (Å²) in [6.45, 7) is 2.35. The molecule has 84 valence electrons. The van der Waals surface area contributed by atoms with Gasteiger partial charge < -0.3 is 0 Å². The van der Waals surface area contributed by atoms with Crippen LogP contribution in [0, 0.1) is 23.1 Å². The van der Waals surface area contributed by atoms with Crippen LogP contribution in [0.4, 0.5) is 4.39 Å². The SMILES string of the molecule is N#CC1CCCN(Cc2ccccc2F)C1. The quantitative estimate of drug-likeness (QED) is 0.762. The van der Waals surface area contributed by atoms with E-state index in [0.717, 1.165) is 31.5 Å². The number of likely N-dealkylation sites (tertiary alicyclic amines) is 1. The highest BCUT2D eigenvalue weighted by Gasteiger charge is 2.19. The van der Waals surface area contributed by atoms with E-state index in [1.165, 1.54) is 6.07 Å². The normalized spacial score (nSPS) is 21.6. The first kappa shape index (κ1) is 11.1. The smallest absolute Gasteiger partial charge is 0.127 e. The molecule has 1 unspecified atom stereocenters. The summed E-state index contributed by atoms with van der Waals surface area (Å²) in [5, 5.41) is 8.88. The Morgan fingerprint density at radius 2 is 2.25 bits per heavy atom. The topological polar surface area (TPSA) is 27.0 Å². The molecule has 2 nitrogen and oxygen atoms in total. The lowest BCUT2D eigenvalue weighted by Gasteiger charge is -2.29. The van der Waals surface area contributed by atoms with Gasteiger partial charge in [-0.2, -0.15) is 5.26 Å². The largest absolute Gasteiger partial charge is 0.298 e. The van der Waals surface area contributed by atoms with Gasteiger partial charge in [-0.1, -0.05) is 18.2 Å². The third-order valence-electron chi connectivity index (χ3n) is 3.04.